The highest BCUT2D eigenvalue weighted by Gasteiger charge is 2.34. The smallest absolute Gasteiger partial charge is 0.259 e. The molecule has 1 atom stereocenters. The van der Waals surface area contributed by atoms with E-state index in [4.69, 9.17) is 14.0 Å². The van der Waals surface area contributed by atoms with Crippen molar-refractivity contribution in [2.24, 2.45) is 0 Å². The molecule has 1 saturated heterocycles. The lowest BCUT2D eigenvalue weighted by molar-refractivity contribution is 0.0736. The number of nitrogens with zero attached hydrogens (tertiary/aromatic N) is 3. The third-order valence-electron chi connectivity index (χ3n) is 5.93. The third kappa shape index (κ3) is 3.40. The Morgan fingerprint density at radius 3 is 2.84 bits per heavy atom. The molecule has 1 amide bonds. The number of aromatic nitrogens is 2. The first-order valence-corrected chi connectivity index (χ1v) is 11.3. The van der Waals surface area contributed by atoms with E-state index in [2.05, 4.69) is 10.1 Å². The molecule has 0 bridgehead atoms. The number of thiophene rings is 1. The van der Waals surface area contributed by atoms with Gasteiger partial charge in [-0.15, -0.1) is 11.3 Å². The number of ether oxygens (including phenoxy) is 2. The molecule has 32 heavy (non-hydrogen) atoms. The first-order valence-electron chi connectivity index (χ1n) is 10.4. The maximum atomic E-state index is 13.9. The Balaban J connectivity index is 1.60. The van der Waals surface area contributed by atoms with E-state index in [0.717, 1.165) is 34.8 Å². The van der Waals surface area contributed by atoms with Gasteiger partial charge >= 0.3 is 0 Å². The number of carbonyl (C=O) groups excluding carboxylic acids is 1. The van der Waals surface area contributed by atoms with E-state index in [1.165, 1.54) is 0 Å². The van der Waals surface area contributed by atoms with Gasteiger partial charge in [-0.25, -0.2) is 4.98 Å². The summed E-state index contributed by atoms with van der Waals surface area (Å²) in [6.45, 7) is 2.49. The molecule has 0 aliphatic carbocycles. The van der Waals surface area contributed by atoms with Crippen molar-refractivity contribution in [1.82, 2.24) is 15.0 Å². The van der Waals surface area contributed by atoms with Crippen LogP contribution in [-0.4, -0.2) is 41.7 Å². The van der Waals surface area contributed by atoms with Crippen LogP contribution in [0, 0.1) is 6.92 Å². The molecule has 1 fully saturated rings. The summed E-state index contributed by atoms with van der Waals surface area (Å²) in [6.07, 6.45) is 1.76. The number of pyridine rings is 1. The summed E-state index contributed by atoms with van der Waals surface area (Å²) >= 11 is 1.57. The SMILES string of the molecule is COc1ccc(OC)c(C2CCCN2C(=O)c2cc(-c3cccs3)nc3onc(C)c23)c1. The zero-order valence-corrected chi connectivity index (χ0v) is 18.9. The molecule has 0 saturated carbocycles. The Labute approximate surface area is 189 Å². The highest BCUT2D eigenvalue weighted by Crippen LogP contribution is 2.40. The van der Waals surface area contributed by atoms with Gasteiger partial charge in [-0.1, -0.05) is 11.2 Å². The zero-order chi connectivity index (χ0) is 22.2. The number of methoxy groups -OCH3 is 2. The molecule has 5 rings (SSSR count). The van der Waals surface area contributed by atoms with Crippen molar-refractivity contribution in [1.29, 1.82) is 0 Å². The van der Waals surface area contributed by atoms with Crippen molar-refractivity contribution in [3.05, 3.63) is 58.6 Å². The minimum absolute atomic E-state index is 0.0612. The van der Waals surface area contributed by atoms with Crippen LogP contribution >= 0.6 is 11.3 Å². The van der Waals surface area contributed by atoms with Gasteiger partial charge in [-0.2, -0.15) is 0 Å². The average Bonchev–Trinajstić information content (AvgIpc) is 3.59. The number of aryl methyl sites for hydroxylation is 1. The first kappa shape index (κ1) is 20.5. The van der Waals surface area contributed by atoms with Gasteiger partial charge in [-0.3, -0.25) is 4.79 Å². The van der Waals surface area contributed by atoms with E-state index in [1.807, 2.05) is 53.6 Å². The van der Waals surface area contributed by atoms with Gasteiger partial charge in [0, 0.05) is 12.1 Å². The fourth-order valence-corrected chi connectivity index (χ4v) is 5.09. The van der Waals surface area contributed by atoms with E-state index in [1.54, 1.807) is 25.6 Å². The number of benzene rings is 1. The zero-order valence-electron chi connectivity index (χ0n) is 18.1. The van der Waals surface area contributed by atoms with Crippen LogP contribution in [0.25, 0.3) is 21.7 Å². The van der Waals surface area contributed by atoms with Gasteiger partial charge in [0.25, 0.3) is 11.6 Å². The number of fused-ring (bicyclic) bond motifs is 1. The number of hydrogen-bond acceptors (Lipinski definition) is 7. The molecule has 7 nitrogen and oxygen atoms in total. The normalized spacial score (nSPS) is 16.0. The predicted molar refractivity (Wildman–Crippen MR) is 122 cm³/mol. The monoisotopic (exact) mass is 449 g/mol. The average molecular weight is 450 g/mol. The predicted octanol–water partition coefficient (Wildman–Crippen LogP) is 5.25. The topological polar surface area (TPSA) is 77.7 Å². The first-order chi connectivity index (χ1) is 15.6. The van der Waals surface area contributed by atoms with Gasteiger partial charge in [0.1, 0.15) is 11.5 Å². The summed E-state index contributed by atoms with van der Waals surface area (Å²) < 4.78 is 16.5. The Kier molecular flexibility index (Phi) is 5.30. The van der Waals surface area contributed by atoms with Gasteiger partial charge in [0.15, 0.2) is 0 Å². The molecule has 4 heterocycles. The number of rotatable bonds is 5. The van der Waals surface area contributed by atoms with Crippen molar-refractivity contribution in [2.75, 3.05) is 20.8 Å². The van der Waals surface area contributed by atoms with Crippen molar-refractivity contribution in [2.45, 2.75) is 25.8 Å². The Morgan fingerprint density at radius 2 is 2.09 bits per heavy atom. The summed E-state index contributed by atoms with van der Waals surface area (Å²) in [6, 6.07) is 11.4. The van der Waals surface area contributed by atoms with Crippen LogP contribution in [0.3, 0.4) is 0 Å². The minimum atomic E-state index is -0.110. The Morgan fingerprint density at radius 1 is 1.22 bits per heavy atom. The molecule has 1 aliphatic heterocycles. The molecule has 3 aromatic heterocycles. The minimum Gasteiger partial charge on any atom is -0.497 e. The summed E-state index contributed by atoms with van der Waals surface area (Å²) in [5.41, 5.74) is 3.26. The second-order valence-corrected chi connectivity index (χ2v) is 8.69. The molecule has 0 N–H and O–H groups in total. The van der Waals surface area contributed by atoms with E-state index < -0.39 is 0 Å². The third-order valence-corrected chi connectivity index (χ3v) is 6.82. The Bertz CT molecular complexity index is 1280. The van der Waals surface area contributed by atoms with Crippen LogP contribution in [0.1, 0.15) is 40.5 Å². The summed E-state index contributed by atoms with van der Waals surface area (Å²) in [4.78, 5) is 21.4. The van der Waals surface area contributed by atoms with Crippen molar-refractivity contribution < 1.29 is 18.8 Å². The Hall–Kier alpha value is -3.39. The van der Waals surface area contributed by atoms with E-state index in [-0.39, 0.29) is 11.9 Å². The largest absolute Gasteiger partial charge is 0.497 e. The summed E-state index contributed by atoms with van der Waals surface area (Å²) in [5.74, 6) is 1.42. The van der Waals surface area contributed by atoms with Gasteiger partial charge in [0.05, 0.1) is 47.5 Å². The molecule has 164 valence electrons. The van der Waals surface area contributed by atoms with Gasteiger partial charge < -0.3 is 18.9 Å². The van der Waals surface area contributed by atoms with E-state index >= 15 is 0 Å². The quantitative estimate of drug-likeness (QED) is 0.414. The fraction of sp³-hybridized carbons (Fsp3) is 0.292. The summed E-state index contributed by atoms with van der Waals surface area (Å²) in [5, 5.41) is 6.73. The highest BCUT2D eigenvalue weighted by atomic mass is 32.1. The van der Waals surface area contributed by atoms with Crippen molar-refractivity contribution in [3.8, 4) is 22.1 Å². The molecule has 0 radical (unpaired) electrons. The van der Waals surface area contributed by atoms with Gasteiger partial charge in [0.2, 0.25) is 0 Å². The summed E-state index contributed by atoms with van der Waals surface area (Å²) in [7, 11) is 3.28. The second kappa shape index (κ2) is 8.27. The molecule has 1 aliphatic rings. The molecule has 8 heteroatoms. The molecule has 1 unspecified atom stereocenters. The van der Waals surface area contributed by atoms with Crippen molar-refractivity contribution in [3.63, 3.8) is 0 Å². The molecular weight excluding hydrogens is 426 g/mol. The number of likely N-dealkylation sites (tertiary alicyclic amines) is 1. The standard InChI is InChI=1S/C24H23N3O4S/c1-14-22-17(13-18(21-7-5-11-32-21)25-23(22)31-26-14)24(28)27-10-4-6-19(27)16-12-15(29-2)8-9-20(16)30-3/h5,7-9,11-13,19H,4,6,10H2,1-3H3. The van der Waals surface area contributed by atoms with E-state index in [9.17, 15) is 4.79 Å². The van der Waals surface area contributed by atoms with E-state index in [0.29, 0.717) is 34.6 Å². The highest BCUT2D eigenvalue weighted by molar-refractivity contribution is 7.13. The number of hydrogen-bond donors (Lipinski definition) is 0. The van der Waals surface area contributed by atoms with Gasteiger partial charge in [-0.05, 0) is 55.5 Å². The van der Waals surface area contributed by atoms with Crippen LogP contribution in [0.2, 0.25) is 0 Å². The van der Waals surface area contributed by atoms with Crippen LogP contribution in [0.4, 0.5) is 0 Å². The maximum Gasteiger partial charge on any atom is 0.259 e. The van der Waals surface area contributed by atoms with Crippen LogP contribution < -0.4 is 9.47 Å². The maximum absolute atomic E-state index is 13.9. The molecule has 4 aromatic rings. The van der Waals surface area contributed by atoms with Crippen LogP contribution in [0.15, 0.2) is 46.3 Å². The lowest BCUT2D eigenvalue weighted by Gasteiger charge is -2.27. The molecule has 1 aromatic carbocycles. The lowest BCUT2D eigenvalue weighted by atomic mass is 10.0. The van der Waals surface area contributed by atoms with Crippen molar-refractivity contribution >= 4 is 28.3 Å². The number of amides is 1. The molecular formula is C24H23N3O4S. The molecule has 0 spiro atoms. The fourth-order valence-electron chi connectivity index (χ4n) is 4.40. The second-order valence-electron chi connectivity index (χ2n) is 7.74. The van der Waals surface area contributed by atoms with Crippen LogP contribution in [-0.2, 0) is 0 Å². The lowest BCUT2D eigenvalue weighted by Crippen LogP contribution is -2.31. The van der Waals surface area contributed by atoms with Crippen LogP contribution in [0.5, 0.6) is 11.5 Å². The number of carbonyl (C=O) groups is 1.